The number of nitrogens with zero attached hydrogens (tertiary/aromatic N) is 5. The number of rotatable bonds is 5. The topological polar surface area (TPSA) is 108 Å². The standard InChI is InChI=1S/C20H25BrN6O3/c1-12-16(10-25(2)23-12)22-17(28)8-19-4-13-3-14(5-19)7-20(6-13,11-19)26-9-15(21)18(24-26)27(29)30/h9-10,13-14H,3-8,11H2,1-2H3,(H,22,28). The van der Waals surface area contributed by atoms with E-state index in [9.17, 15) is 14.9 Å². The molecule has 0 aliphatic heterocycles. The fourth-order valence-electron chi connectivity index (χ4n) is 6.84. The molecule has 4 saturated carbocycles. The van der Waals surface area contributed by atoms with Gasteiger partial charge in [-0.1, -0.05) is 0 Å². The van der Waals surface area contributed by atoms with Crippen LogP contribution in [0.2, 0.25) is 0 Å². The van der Waals surface area contributed by atoms with E-state index < -0.39 is 4.92 Å². The van der Waals surface area contributed by atoms with E-state index in [2.05, 4.69) is 31.4 Å². The number of hydrogen-bond acceptors (Lipinski definition) is 5. The molecule has 2 aromatic heterocycles. The highest BCUT2D eigenvalue weighted by atomic mass is 79.9. The van der Waals surface area contributed by atoms with E-state index in [-0.39, 0.29) is 22.7 Å². The molecule has 9 nitrogen and oxygen atoms in total. The normalized spacial score (nSPS) is 31.8. The molecule has 6 rings (SSSR count). The van der Waals surface area contributed by atoms with Crippen LogP contribution in [0.5, 0.6) is 0 Å². The first-order chi connectivity index (χ1) is 14.2. The van der Waals surface area contributed by atoms with E-state index in [0.717, 1.165) is 43.5 Å². The second kappa shape index (κ2) is 6.63. The lowest BCUT2D eigenvalue weighted by molar-refractivity contribution is -0.390. The number of anilines is 1. The lowest BCUT2D eigenvalue weighted by atomic mass is 9.46. The lowest BCUT2D eigenvalue weighted by Crippen LogP contribution is -2.57. The van der Waals surface area contributed by atoms with E-state index in [4.69, 9.17) is 0 Å². The van der Waals surface area contributed by atoms with Crippen LogP contribution >= 0.6 is 15.9 Å². The van der Waals surface area contributed by atoms with Gasteiger partial charge in [-0.2, -0.15) is 9.78 Å². The largest absolute Gasteiger partial charge is 0.404 e. The number of halogens is 1. The maximum Gasteiger partial charge on any atom is 0.404 e. The molecular weight excluding hydrogens is 452 g/mol. The summed E-state index contributed by atoms with van der Waals surface area (Å²) in [5.74, 6) is 0.975. The van der Waals surface area contributed by atoms with Gasteiger partial charge in [0.2, 0.25) is 5.91 Å². The third kappa shape index (κ3) is 3.16. The maximum atomic E-state index is 13.0. The molecule has 1 amide bonds. The second-order valence-corrected chi connectivity index (χ2v) is 10.6. The highest BCUT2D eigenvalue weighted by molar-refractivity contribution is 9.10. The summed E-state index contributed by atoms with van der Waals surface area (Å²) in [6, 6.07) is 0. The van der Waals surface area contributed by atoms with Crippen molar-refractivity contribution in [3.8, 4) is 0 Å². The number of nitrogens with one attached hydrogen (secondary N) is 1. The molecule has 10 heteroatoms. The van der Waals surface area contributed by atoms with Crippen molar-refractivity contribution in [3.05, 3.63) is 32.7 Å². The minimum Gasteiger partial charge on any atom is -0.358 e. The predicted octanol–water partition coefficient (Wildman–Crippen LogP) is 3.92. The maximum absolute atomic E-state index is 13.0. The van der Waals surface area contributed by atoms with Crippen molar-refractivity contribution in [2.75, 3.05) is 5.32 Å². The zero-order chi connectivity index (χ0) is 21.3. The van der Waals surface area contributed by atoms with Gasteiger partial charge in [-0.05, 0) is 83.6 Å². The lowest BCUT2D eigenvalue weighted by Gasteiger charge is -2.61. The molecule has 2 heterocycles. The number of nitro groups is 1. The van der Waals surface area contributed by atoms with Crippen molar-refractivity contribution in [2.24, 2.45) is 24.3 Å². The third-order valence-corrected chi connectivity index (χ3v) is 7.84. The fraction of sp³-hybridized carbons (Fsp3) is 0.650. The Balaban J connectivity index is 1.41. The van der Waals surface area contributed by atoms with Crippen LogP contribution in [0.4, 0.5) is 11.5 Å². The summed E-state index contributed by atoms with van der Waals surface area (Å²) < 4.78 is 3.96. The zero-order valence-corrected chi connectivity index (χ0v) is 18.7. The molecule has 1 N–H and O–H groups in total. The second-order valence-electron chi connectivity index (χ2n) is 9.71. The van der Waals surface area contributed by atoms with Gasteiger partial charge < -0.3 is 15.4 Å². The van der Waals surface area contributed by atoms with Crippen molar-refractivity contribution in [2.45, 2.75) is 57.4 Å². The molecule has 0 spiro atoms. The fourth-order valence-corrected chi connectivity index (χ4v) is 7.26. The van der Waals surface area contributed by atoms with Crippen molar-refractivity contribution >= 4 is 33.3 Å². The molecule has 4 fully saturated rings. The van der Waals surface area contributed by atoms with Crippen molar-refractivity contribution in [3.63, 3.8) is 0 Å². The van der Waals surface area contributed by atoms with Gasteiger partial charge in [-0.3, -0.25) is 9.48 Å². The van der Waals surface area contributed by atoms with Gasteiger partial charge in [0, 0.05) is 19.7 Å². The molecule has 0 saturated heterocycles. The Kier molecular flexibility index (Phi) is 4.36. The van der Waals surface area contributed by atoms with E-state index in [1.807, 2.05) is 24.9 Å². The predicted molar refractivity (Wildman–Crippen MR) is 113 cm³/mol. The van der Waals surface area contributed by atoms with Crippen LogP contribution in [0.15, 0.2) is 16.9 Å². The number of carbonyl (C=O) groups is 1. The molecule has 0 aromatic carbocycles. The van der Waals surface area contributed by atoms with Crippen LogP contribution < -0.4 is 5.32 Å². The molecule has 2 aromatic rings. The summed E-state index contributed by atoms with van der Waals surface area (Å²) in [7, 11) is 1.84. The Labute approximate surface area is 182 Å². The summed E-state index contributed by atoms with van der Waals surface area (Å²) in [5.41, 5.74) is 1.26. The first-order valence-corrected chi connectivity index (χ1v) is 11.2. The summed E-state index contributed by atoms with van der Waals surface area (Å²) in [6.07, 6.45) is 10.2. The van der Waals surface area contributed by atoms with Crippen LogP contribution in [-0.2, 0) is 17.4 Å². The molecular formula is C20H25BrN6O3. The Morgan fingerprint density at radius 1 is 1.30 bits per heavy atom. The van der Waals surface area contributed by atoms with Crippen molar-refractivity contribution in [1.82, 2.24) is 19.6 Å². The van der Waals surface area contributed by atoms with Crippen LogP contribution in [0.3, 0.4) is 0 Å². The Morgan fingerprint density at radius 2 is 2.00 bits per heavy atom. The summed E-state index contributed by atoms with van der Waals surface area (Å²) in [4.78, 5) is 23.8. The quantitative estimate of drug-likeness (QED) is 0.519. The van der Waals surface area contributed by atoms with Crippen LogP contribution in [0, 0.1) is 34.3 Å². The molecule has 2 unspecified atom stereocenters. The Hall–Kier alpha value is -2.23. The SMILES string of the molecule is Cc1nn(C)cc1NC(=O)CC12CC3CC(C1)CC(n1cc(Br)c([N+](=O)[O-])n1)(C3)C2. The van der Waals surface area contributed by atoms with E-state index in [1.54, 1.807) is 10.9 Å². The third-order valence-electron chi connectivity index (χ3n) is 7.29. The molecule has 160 valence electrons. The highest BCUT2D eigenvalue weighted by Crippen LogP contribution is 2.65. The number of carbonyl (C=O) groups excluding carboxylic acids is 1. The summed E-state index contributed by atoms with van der Waals surface area (Å²) in [5, 5.41) is 23.0. The summed E-state index contributed by atoms with van der Waals surface area (Å²) >= 11 is 3.30. The minimum atomic E-state index is -0.444. The number of aromatic nitrogens is 4. The summed E-state index contributed by atoms with van der Waals surface area (Å²) in [6.45, 7) is 1.89. The zero-order valence-electron chi connectivity index (χ0n) is 17.1. The van der Waals surface area contributed by atoms with E-state index in [0.29, 0.717) is 22.7 Å². The number of aryl methyl sites for hydroxylation is 2. The molecule has 2 atom stereocenters. The Morgan fingerprint density at radius 3 is 2.57 bits per heavy atom. The van der Waals surface area contributed by atoms with Gasteiger partial charge in [0.1, 0.15) is 4.47 Å². The van der Waals surface area contributed by atoms with Gasteiger partial charge in [0.15, 0.2) is 0 Å². The van der Waals surface area contributed by atoms with Crippen molar-refractivity contribution < 1.29 is 9.72 Å². The molecule has 30 heavy (non-hydrogen) atoms. The average Bonchev–Trinajstić information content (AvgIpc) is 3.15. The molecule has 4 aliphatic carbocycles. The Bertz CT molecular complexity index is 1030. The van der Waals surface area contributed by atoms with Crippen LogP contribution in [-0.4, -0.2) is 30.4 Å². The van der Waals surface area contributed by atoms with Crippen LogP contribution in [0.25, 0.3) is 0 Å². The van der Waals surface area contributed by atoms with E-state index >= 15 is 0 Å². The van der Waals surface area contributed by atoms with Gasteiger partial charge in [-0.25, -0.2) is 0 Å². The molecule has 4 bridgehead atoms. The van der Waals surface area contributed by atoms with Gasteiger partial charge >= 0.3 is 5.82 Å². The van der Waals surface area contributed by atoms with Crippen molar-refractivity contribution in [1.29, 1.82) is 0 Å². The smallest absolute Gasteiger partial charge is 0.358 e. The molecule has 4 aliphatic rings. The van der Waals surface area contributed by atoms with Gasteiger partial charge in [0.25, 0.3) is 0 Å². The van der Waals surface area contributed by atoms with Gasteiger partial charge in [0.05, 0.1) is 28.2 Å². The minimum absolute atomic E-state index is 0.0239. The first kappa shape index (κ1) is 19.7. The average molecular weight is 477 g/mol. The monoisotopic (exact) mass is 476 g/mol. The van der Waals surface area contributed by atoms with Crippen LogP contribution in [0.1, 0.15) is 50.6 Å². The number of hydrogen-bond donors (Lipinski definition) is 1. The van der Waals surface area contributed by atoms with Gasteiger partial charge in [-0.15, -0.1) is 0 Å². The number of amides is 1. The molecule has 0 radical (unpaired) electrons. The highest BCUT2D eigenvalue weighted by Gasteiger charge is 2.60. The van der Waals surface area contributed by atoms with E-state index in [1.165, 1.54) is 6.42 Å². The first-order valence-electron chi connectivity index (χ1n) is 10.4.